The van der Waals surface area contributed by atoms with E-state index in [4.69, 9.17) is 0 Å². The van der Waals surface area contributed by atoms with Crippen molar-refractivity contribution >= 4 is 21.6 Å². The van der Waals surface area contributed by atoms with Crippen molar-refractivity contribution in [2.45, 2.75) is 0 Å². The number of anilines is 1. The average Bonchev–Trinajstić information content (AvgIpc) is 1.88. The molecule has 0 saturated carbocycles. The molecule has 0 radical (unpaired) electrons. The Morgan fingerprint density at radius 1 is 1.10 bits per heavy atom. The lowest BCUT2D eigenvalue weighted by Crippen LogP contribution is -2.07. The van der Waals surface area contributed by atoms with Crippen molar-refractivity contribution in [2.75, 3.05) is 19.0 Å². The van der Waals surface area contributed by atoms with Gasteiger partial charge in [-0.15, -0.1) is 0 Å². The number of nitrogens with zero attached hydrogens (tertiary/aromatic N) is 1. The van der Waals surface area contributed by atoms with Crippen LogP contribution in [0.2, 0.25) is 0 Å². The Balaban J connectivity index is 2.89. The molecule has 0 aromatic heterocycles. The van der Waals surface area contributed by atoms with Crippen molar-refractivity contribution < 1.29 is 0 Å². The number of rotatable bonds is 1. The van der Waals surface area contributed by atoms with E-state index in [1.54, 1.807) is 0 Å². The molecule has 0 saturated heterocycles. The molecule has 1 aromatic rings. The summed E-state index contributed by atoms with van der Waals surface area (Å²) in [5, 5.41) is 0. The molecule has 0 unspecified atom stereocenters. The van der Waals surface area contributed by atoms with Crippen LogP contribution in [0.1, 0.15) is 0 Å². The second-order valence-electron chi connectivity index (χ2n) is 2.37. The fraction of sp³-hybridized carbons (Fsp3) is 0.250. The Morgan fingerprint density at radius 2 is 1.60 bits per heavy atom. The van der Waals surface area contributed by atoms with Crippen molar-refractivity contribution in [2.24, 2.45) is 0 Å². The van der Waals surface area contributed by atoms with Crippen LogP contribution in [0.15, 0.2) is 28.7 Å². The third-order valence-corrected chi connectivity index (χ3v) is 1.87. The first kappa shape index (κ1) is 7.61. The Hall–Kier alpha value is -0.500. The van der Waals surface area contributed by atoms with E-state index < -0.39 is 0 Å². The number of hydrogen-bond acceptors (Lipinski definition) is 1. The molecule has 1 rings (SSSR count). The fourth-order valence-electron chi connectivity index (χ4n) is 0.739. The first-order chi connectivity index (χ1) is 4.70. The number of benzene rings is 1. The Labute approximate surface area is 69.8 Å². The van der Waals surface area contributed by atoms with Crippen molar-refractivity contribution in [3.05, 3.63) is 28.7 Å². The quantitative estimate of drug-likeness (QED) is 0.632. The summed E-state index contributed by atoms with van der Waals surface area (Å²) in [4.78, 5) is 2.08. The van der Waals surface area contributed by atoms with Gasteiger partial charge in [0.15, 0.2) is 0 Å². The largest absolute Gasteiger partial charge is 0.378 e. The highest BCUT2D eigenvalue weighted by Crippen LogP contribution is 2.15. The zero-order valence-corrected chi connectivity index (χ0v) is 7.72. The van der Waals surface area contributed by atoms with Gasteiger partial charge < -0.3 is 4.90 Å². The topological polar surface area (TPSA) is 3.24 Å². The van der Waals surface area contributed by atoms with Gasteiger partial charge in [0.25, 0.3) is 0 Å². The molecule has 0 fully saturated rings. The smallest absolute Gasteiger partial charge is 0.0361 e. The molecular formula is C8H10BrN. The van der Waals surface area contributed by atoms with Crippen LogP contribution >= 0.6 is 15.9 Å². The normalized spacial score (nSPS) is 9.50. The summed E-state index contributed by atoms with van der Waals surface area (Å²) in [6, 6.07) is 8.22. The molecule has 2 heteroatoms. The lowest BCUT2D eigenvalue weighted by molar-refractivity contribution is 1.13. The molecule has 0 atom stereocenters. The lowest BCUT2D eigenvalue weighted by atomic mass is 10.3. The van der Waals surface area contributed by atoms with Gasteiger partial charge in [0.05, 0.1) is 0 Å². The van der Waals surface area contributed by atoms with Gasteiger partial charge in [-0.05, 0) is 24.3 Å². The first-order valence-electron chi connectivity index (χ1n) is 3.13. The van der Waals surface area contributed by atoms with Crippen LogP contribution in [0, 0.1) is 0 Å². The van der Waals surface area contributed by atoms with E-state index in [-0.39, 0.29) is 0 Å². The van der Waals surface area contributed by atoms with E-state index in [2.05, 4.69) is 33.0 Å². The minimum Gasteiger partial charge on any atom is -0.378 e. The highest BCUT2D eigenvalue weighted by Gasteiger charge is 1.91. The van der Waals surface area contributed by atoms with Crippen molar-refractivity contribution in [3.63, 3.8) is 0 Å². The van der Waals surface area contributed by atoms with Gasteiger partial charge in [-0.3, -0.25) is 0 Å². The fourth-order valence-corrected chi connectivity index (χ4v) is 1.00. The first-order valence-corrected chi connectivity index (χ1v) is 3.92. The summed E-state index contributed by atoms with van der Waals surface area (Å²) >= 11 is 3.38. The van der Waals surface area contributed by atoms with Crippen molar-refractivity contribution in [1.29, 1.82) is 0 Å². The van der Waals surface area contributed by atoms with Crippen LogP contribution in [-0.4, -0.2) is 14.1 Å². The summed E-state index contributed by atoms with van der Waals surface area (Å²) in [5.74, 6) is 0. The highest BCUT2D eigenvalue weighted by molar-refractivity contribution is 9.10. The second-order valence-corrected chi connectivity index (χ2v) is 3.29. The third-order valence-electron chi connectivity index (χ3n) is 1.34. The molecule has 54 valence electrons. The van der Waals surface area contributed by atoms with Gasteiger partial charge in [0.1, 0.15) is 0 Å². The number of hydrogen-bond donors (Lipinski definition) is 0. The lowest BCUT2D eigenvalue weighted by Gasteiger charge is -2.11. The summed E-state index contributed by atoms with van der Waals surface area (Å²) in [6.45, 7) is 0. The molecule has 0 N–H and O–H groups in total. The van der Waals surface area contributed by atoms with Gasteiger partial charge in [-0.25, -0.2) is 0 Å². The Morgan fingerprint density at radius 3 is 2.00 bits per heavy atom. The molecule has 0 bridgehead atoms. The average molecular weight is 202 g/mol. The zero-order valence-electron chi connectivity index (χ0n) is 6.13. The third kappa shape index (κ3) is 1.74. The summed E-state index contributed by atoms with van der Waals surface area (Å²) in [5.41, 5.74) is 1.23. The van der Waals surface area contributed by atoms with E-state index in [0.717, 1.165) is 4.47 Å². The number of halogens is 1. The molecular weight excluding hydrogens is 192 g/mol. The highest BCUT2D eigenvalue weighted by atomic mass is 79.9. The van der Waals surface area contributed by atoms with Crippen molar-refractivity contribution in [1.82, 2.24) is 0 Å². The van der Waals surface area contributed by atoms with Crippen molar-refractivity contribution in [3.8, 4) is 0 Å². The van der Waals surface area contributed by atoms with E-state index in [9.17, 15) is 0 Å². The van der Waals surface area contributed by atoms with Crippen LogP contribution in [0.5, 0.6) is 0 Å². The Bertz CT molecular complexity index is 203. The maximum absolute atomic E-state index is 3.38. The van der Waals surface area contributed by atoms with E-state index >= 15 is 0 Å². The Kier molecular flexibility index (Phi) is 2.33. The van der Waals surface area contributed by atoms with Crippen LogP contribution in [-0.2, 0) is 0 Å². The minimum atomic E-state index is 1.12. The molecule has 1 nitrogen and oxygen atoms in total. The van der Waals surface area contributed by atoms with E-state index in [1.807, 2.05) is 26.2 Å². The summed E-state index contributed by atoms with van der Waals surface area (Å²) in [7, 11) is 4.06. The SMILES string of the molecule is [13CH3]N([13CH3])c1ccc(Br)cc1. The van der Waals surface area contributed by atoms with Crippen LogP contribution in [0.25, 0.3) is 0 Å². The maximum Gasteiger partial charge on any atom is 0.0361 e. The molecule has 1 aromatic carbocycles. The summed E-state index contributed by atoms with van der Waals surface area (Å²) < 4.78 is 1.12. The van der Waals surface area contributed by atoms with Gasteiger partial charge in [0, 0.05) is 24.3 Å². The molecule has 0 spiro atoms. The van der Waals surface area contributed by atoms with Crippen LogP contribution in [0.3, 0.4) is 0 Å². The predicted molar refractivity (Wildman–Crippen MR) is 48.5 cm³/mol. The van der Waals surface area contributed by atoms with Crippen LogP contribution < -0.4 is 4.90 Å². The van der Waals surface area contributed by atoms with E-state index in [0.29, 0.717) is 0 Å². The molecule has 0 heterocycles. The van der Waals surface area contributed by atoms with E-state index in [1.165, 1.54) is 5.69 Å². The van der Waals surface area contributed by atoms with Gasteiger partial charge in [-0.1, -0.05) is 15.9 Å². The molecule has 0 aliphatic heterocycles. The monoisotopic (exact) mass is 201 g/mol. The minimum absolute atomic E-state index is 1.12. The molecule has 0 amide bonds. The predicted octanol–water partition coefficient (Wildman–Crippen LogP) is 2.52. The zero-order chi connectivity index (χ0) is 7.56. The van der Waals surface area contributed by atoms with Gasteiger partial charge in [-0.2, -0.15) is 0 Å². The molecule has 10 heavy (non-hydrogen) atoms. The summed E-state index contributed by atoms with van der Waals surface area (Å²) in [6.07, 6.45) is 0. The van der Waals surface area contributed by atoms with Gasteiger partial charge in [0.2, 0.25) is 0 Å². The van der Waals surface area contributed by atoms with Crippen LogP contribution in [0.4, 0.5) is 5.69 Å². The molecule has 0 aliphatic carbocycles. The van der Waals surface area contributed by atoms with Gasteiger partial charge >= 0.3 is 0 Å². The maximum atomic E-state index is 3.38. The molecule has 0 aliphatic rings. The standard InChI is InChI=1S/C8H10BrN/c1-10(2)8-5-3-7(9)4-6-8/h3-6H,1-2H3/i1+1,2+1. The second kappa shape index (κ2) is 3.06.